The Balaban J connectivity index is -0.0000000247. The van der Waals surface area contributed by atoms with Gasteiger partial charge in [0.2, 0.25) is 0 Å². The van der Waals surface area contributed by atoms with Crippen LogP contribution in [0.3, 0.4) is 0 Å². The van der Waals surface area contributed by atoms with E-state index in [1.807, 2.05) is 0 Å². The summed E-state index contributed by atoms with van der Waals surface area (Å²) in [7, 11) is 0. The third-order valence-electron chi connectivity index (χ3n) is 0.816. The second-order valence-corrected chi connectivity index (χ2v) is 2.11. The van der Waals surface area contributed by atoms with Gasteiger partial charge in [-0.15, -0.1) is 0 Å². The average molecular weight is 317 g/mol. The summed E-state index contributed by atoms with van der Waals surface area (Å²) in [5.74, 6) is 0. The van der Waals surface area contributed by atoms with E-state index in [0.29, 0.717) is 0 Å². The molecule has 0 saturated carbocycles. The maximum absolute atomic E-state index is 8.33. The van der Waals surface area contributed by atoms with Crippen molar-refractivity contribution in [2.45, 2.75) is 12.8 Å². The molecule has 0 aliphatic heterocycles. The summed E-state index contributed by atoms with van der Waals surface area (Å²) in [5, 5.41) is 16.7. The molecule has 0 aromatic heterocycles. The van der Waals surface area contributed by atoms with Gasteiger partial charge >= 0.3 is 17.1 Å². The van der Waals surface area contributed by atoms with Crippen LogP contribution in [0.1, 0.15) is 12.8 Å². The molecule has 108 valence electrons. The van der Waals surface area contributed by atoms with Crippen molar-refractivity contribution < 1.29 is 50.0 Å². The monoisotopic (exact) mass is 316 g/mol. The molecule has 0 bridgehead atoms. The first-order valence-electron chi connectivity index (χ1n) is 4.25. The fourth-order valence-electron chi connectivity index (χ4n) is 0.236. The normalized spacial score (nSPS) is 6.35. The molecule has 0 aromatic carbocycles. The van der Waals surface area contributed by atoms with Crippen LogP contribution in [0.25, 0.3) is 0 Å². The topological polar surface area (TPSA) is 199 Å². The van der Waals surface area contributed by atoms with E-state index in [2.05, 4.69) is 0 Å². The van der Waals surface area contributed by atoms with Gasteiger partial charge in [0.1, 0.15) is 0 Å². The van der Waals surface area contributed by atoms with Crippen molar-refractivity contribution in [1.82, 2.24) is 0 Å². The molecular weight excluding hydrogens is 294 g/mol. The zero-order valence-corrected chi connectivity index (χ0v) is 11.5. The largest absolute Gasteiger partial charge is 3.00 e. The summed E-state index contributed by atoms with van der Waals surface area (Å²) in [4.78, 5) is 8.33. The zero-order chi connectivity index (χ0) is 11.8. The average Bonchev–Trinajstić information content (AvgIpc) is 2.07. The molecule has 10 heteroatoms. The summed E-state index contributed by atoms with van der Waals surface area (Å²) in [6, 6.07) is 0. The summed E-state index contributed by atoms with van der Waals surface area (Å²) < 4.78 is 0. The Bertz CT molecular complexity index is 102. The van der Waals surface area contributed by atoms with E-state index in [1.165, 1.54) is 0 Å². The molecule has 0 spiro atoms. The number of hydrogen-bond acceptors (Lipinski definition) is 7. The summed E-state index contributed by atoms with van der Waals surface area (Å²) in [6.45, 7) is 2.88. The number of rotatable bonds is 4. The van der Waals surface area contributed by atoms with Gasteiger partial charge in [-0.3, -0.25) is 0 Å². The Morgan fingerprint density at radius 1 is 0.824 bits per heavy atom. The van der Waals surface area contributed by atoms with Crippen LogP contribution < -0.4 is 45.6 Å². The molecule has 0 fully saturated rings. The number of nitrogens with two attached hydrogens (primary N) is 4. The van der Waals surface area contributed by atoms with Gasteiger partial charge in [0.05, 0.1) is 0 Å². The molecule has 0 unspecified atom stereocenters. The molecule has 0 atom stereocenters. The van der Waals surface area contributed by atoms with Gasteiger partial charge in [0.25, 0.3) is 0 Å². The predicted molar refractivity (Wildman–Crippen MR) is 54.5 cm³/mol. The van der Waals surface area contributed by atoms with Crippen molar-refractivity contribution in [2.75, 3.05) is 26.2 Å². The Labute approximate surface area is 118 Å². The molecule has 0 aromatic rings. The van der Waals surface area contributed by atoms with E-state index in [4.69, 9.17) is 37.9 Å². The Morgan fingerprint density at radius 2 is 0.941 bits per heavy atom. The van der Waals surface area contributed by atoms with Gasteiger partial charge < -0.3 is 55.8 Å². The molecule has 0 amide bonds. The first-order valence-corrected chi connectivity index (χ1v) is 4.25. The number of carboxylic acid groups (broad SMARTS) is 2. The zero-order valence-electron chi connectivity index (χ0n) is 9.53. The smallest absolute Gasteiger partial charge is 1.00 e. The number of halogens is 1. The SMILES string of the molecule is NCCCN.NCCCN.O.O=C([O-])[O-].[Cl-].[Mn+3]. The maximum Gasteiger partial charge on any atom is 3.00 e. The van der Waals surface area contributed by atoms with Gasteiger partial charge in [-0.1, -0.05) is 0 Å². The number of carbonyl (C=O) groups excluding carboxylic acids is 1. The van der Waals surface area contributed by atoms with E-state index >= 15 is 0 Å². The van der Waals surface area contributed by atoms with Crippen molar-refractivity contribution in [3.8, 4) is 0 Å². The van der Waals surface area contributed by atoms with E-state index in [1.54, 1.807) is 0 Å². The minimum atomic E-state index is -2.33. The van der Waals surface area contributed by atoms with Crippen LogP contribution in [0.4, 0.5) is 4.79 Å². The first kappa shape index (κ1) is 36.0. The second-order valence-electron chi connectivity index (χ2n) is 2.11. The van der Waals surface area contributed by atoms with Gasteiger partial charge in [0.15, 0.2) is 0 Å². The van der Waals surface area contributed by atoms with Crippen LogP contribution in [0.5, 0.6) is 0 Å². The number of hydrogen-bond donors (Lipinski definition) is 4. The summed E-state index contributed by atoms with van der Waals surface area (Å²) in [6.07, 6.45) is -0.444. The fraction of sp³-hybridized carbons (Fsp3) is 0.857. The second kappa shape index (κ2) is 44.6. The van der Waals surface area contributed by atoms with Crippen LogP contribution in [-0.4, -0.2) is 37.8 Å². The van der Waals surface area contributed by atoms with Gasteiger partial charge in [-0.25, -0.2) is 0 Å². The predicted octanol–water partition coefficient (Wildman–Crippen LogP) is -7.68. The van der Waals surface area contributed by atoms with Crippen molar-refractivity contribution in [1.29, 1.82) is 0 Å². The molecular formula is C7H22ClMnN4O4. The van der Waals surface area contributed by atoms with Crippen molar-refractivity contribution >= 4 is 6.16 Å². The first-order chi connectivity index (χ1) is 6.56. The molecule has 0 aliphatic carbocycles. The molecule has 8 nitrogen and oxygen atoms in total. The van der Waals surface area contributed by atoms with Crippen LogP contribution in [-0.2, 0) is 17.1 Å². The summed E-state index contributed by atoms with van der Waals surface area (Å²) in [5.41, 5.74) is 20.2. The van der Waals surface area contributed by atoms with E-state index < -0.39 is 6.16 Å². The molecule has 0 rings (SSSR count). The molecule has 0 aliphatic rings. The van der Waals surface area contributed by atoms with E-state index in [0.717, 1.165) is 39.0 Å². The van der Waals surface area contributed by atoms with Crippen LogP contribution >= 0.6 is 0 Å². The maximum atomic E-state index is 8.33. The Hall–Kier alpha value is -0.121. The minimum absolute atomic E-state index is 0. The summed E-state index contributed by atoms with van der Waals surface area (Å²) >= 11 is 0. The molecule has 0 radical (unpaired) electrons. The Morgan fingerprint density at radius 3 is 0.941 bits per heavy atom. The third kappa shape index (κ3) is 203. The van der Waals surface area contributed by atoms with Crippen LogP contribution in [0, 0.1) is 0 Å². The fourth-order valence-corrected chi connectivity index (χ4v) is 0.236. The number of carbonyl (C=O) groups is 1. The van der Waals surface area contributed by atoms with Crippen molar-refractivity contribution in [3.63, 3.8) is 0 Å². The quantitative estimate of drug-likeness (QED) is 0.369. The molecule has 10 N–H and O–H groups in total. The Kier molecular flexibility index (Phi) is 94.3. The van der Waals surface area contributed by atoms with Crippen molar-refractivity contribution in [3.05, 3.63) is 0 Å². The third-order valence-corrected chi connectivity index (χ3v) is 0.816. The standard InChI is InChI=1S/2C3H10N2.CH2O3.ClH.Mn.H2O/c2*4-2-1-3-5;2-1(3)4;;;/h2*1-5H2;(H2,2,3,4);1H;;1H2/q;;;;+3;/p-3. The van der Waals surface area contributed by atoms with E-state index in [-0.39, 0.29) is 35.0 Å². The molecule has 0 saturated heterocycles. The van der Waals surface area contributed by atoms with Gasteiger partial charge in [-0.2, -0.15) is 0 Å². The molecule has 0 heterocycles. The van der Waals surface area contributed by atoms with Gasteiger partial charge in [-0.05, 0) is 45.2 Å². The van der Waals surface area contributed by atoms with Crippen LogP contribution in [0.15, 0.2) is 0 Å². The van der Waals surface area contributed by atoms with Crippen molar-refractivity contribution in [2.24, 2.45) is 22.9 Å². The minimum Gasteiger partial charge on any atom is -1.00 e. The van der Waals surface area contributed by atoms with Crippen LogP contribution in [0.2, 0.25) is 0 Å². The van der Waals surface area contributed by atoms with Gasteiger partial charge in [0, 0.05) is 0 Å². The van der Waals surface area contributed by atoms with E-state index in [9.17, 15) is 0 Å². The molecule has 17 heavy (non-hydrogen) atoms.